The molecule has 5 heteroatoms. The molecule has 2 radical (unpaired) electrons. The fourth-order valence-electron chi connectivity index (χ4n) is 1.21. The Kier molecular flexibility index (Phi) is 10.8. The molecule has 0 atom stereocenters. The maximum absolute atomic E-state index is 11.5. The van der Waals surface area contributed by atoms with Gasteiger partial charge in [0.1, 0.15) is 6.10 Å². The van der Waals surface area contributed by atoms with Crippen LogP contribution in [-0.2, 0) is 4.74 Å². The van der Waals surface area contributed by atoms with Crippen molar-refractivity contribution in [1.29, 1.82) is 0 Å². The largest absolute Gasteiger partial charge is 1.00 e. The number of allylic oxidation sites excluding steroid dienone is 3. The van der Waals surface area contributed by atoms with Crippen LogP contribution in [0.15, 0.2) is 40.9 Å². The van der Waals surface area contributed by atoms with Crippen molar-refractivity contribution >= 4 is 24.8 Å². The standard InChI is InChI=1S/C14H20NO2.2Li/c1-14(2,3)13(16)15-10-9-11-5-7-12(17-4)8-6-11;;/h5-9H,10H2,1-4H3,(H,15,16);;/q;;+1/p-1. The Morgan fingerprint density at radius 2 is 1.79 bits per heavy atom. The second-order valence-electron chi connectivity index (χ2n) is 4.87. The Morgan fingerprint density at radius 1 is 1.26 bits per heavy atom. The normalized spacial score (nSPS) is 15.8. The zero-order valence-electron chi connectivity index (χ0n) is 12.9. The van der Waals surface area contributed by atoms with Gasteiger partial charge in [0.15, 0.2) is 0 Å². The van der Waals surface area contributed by atoms with Gasteiger partial charge in [-0.1, -0.05) is 39.0 Å². The molecule has 1 aliphatic carbocycles. The third-order valence-corrected chi connectivity index (χ3v) is 2.32. The number of methoxy groups -OCH3 is 1. The second-order valence-corrected chi connectivity index (χ2v) is 4.87. The molecule has 0 aromatic heterocycles. The predicted molar refractivity (Wildman–Crippen MR) is 74.1 cm³/mol. The van der Waals surface area contributed by atoms with E-state index in [9.17, 15) is 5.11 Å². The zero-order valence-corrected chi connectivity index (χ0v) is 12.9. The summed E-state index contributed by atoms with van der Waals surface area (Å²) in [5.41, 5.74) is 0.643. The van der Waals surface area contributed by atoms with E-state index in [4.69, 9.17) is 4.74 Å². The Bertz CT molecular complexity index is 363. The first-order chi connectivity index (χ1) is 7.93. The maximum atomic E-state index is 11.5. The molecule has 1 aliphatic rings. The van der Waals surface area contributed by atoms with Gasteiger partial charge in [-0.3, -0.25) is 0 Å². The number of ether oxygens (including phenoxy) is 1. The first-order valence-corrected chi connectivity index (χ1v) is 5.62. The number of aliphatic imine (C=N–C) groups is 1. The van der Waals surface area contributed by atoms with Gasteiger partial charge in [-0.15, -0.1) is 0 Å². The smallest absolute Gasteiger partial charge is 0.862 e. The molecule has 0 aliphatic heterocycles. The van der Waals surface area contributed by atoms with E-state index >= 15 is 0 Å². The topological polar surface area (TPSA) is 44.6 Å². The van der Waals surface area contributed by atoms with Gasteiger partial charge < -0.3 is 14.8 Å². The minimum Gasteiger partial charge on any atom is -0.862 e. The third-order valence-electron chi connectivity index (χ3n) is 2.32. The van der Waals surface area contributed by atoms with Gasteiger partial charge in [0, 0.05) is 26.0 Å². The molecule has 0 aromatic rings. The van der Waals surface area contributed by atoms with Crippen LogP contribution in [-0.4, -0.2) is 38.4 Å². The van der Waals surface area contributed by atoms with Crippen molar-refractivity contribution in [2.75, 3.05) is 13.7 Å². The van der Waals surface area contributed by atoms with Gasteiger partial charge >= 0.3 is 18.9 Å². The number of rotatable bonds is 3. The summed E-state index contributed by atoms with van der Waals surface area (Å²) in [6, 6.07) is 0. The van der Waals surface area contributed by atoms with E-state index in [0.29, 0.717) is 6.54 Å². The maximum Gasteiger partial charge on any atom is 1.00 e. The fraction of sp³-hybridized carbons (Fsp3) is 0.429. The number of hydrogen-bond donors (Lipinski definition) is 0. The van der Waals surface area contributed by atoms with Crippen molar-refractivity contribution in [3.63, 3.8) is 0 Å². The molecular weight excluding hydrogens is 228 g/mol. The molecule has 0 spiro atoms. The summed E-state index contributed by atoms with van der Waals surface area (Å²) in [5, 5.41) is 11.5. The molecule has 0 unspecified atom stereocenters. The van der Waals surface area contributed by atoms with Crippen molar-refractivity contribution in [2.45, 2.75) is 20.8 Å². The van der Waals surface area contributed by atoms with Crippen LogP contribution in [0.3, 0.4) is 0 Å². The summed E-state index contributed by atoms with van der Waals surface area (Å²) >= 11 is 0. The average Bonchev–Trinajstić information content (AvgIpc) is 2.28. The first kappa shape index (κ1) is 21.1. The predicted octanol–water partition coefficient (Wildman–Crippen LogP) is -1.35. The SMILES string of the molecule is CO[C]1C=CC(=CCN=C([O-])C(C)(C)C)C=C1.[Li+].[Li]. The molecule has 0 amide bonds. The van der Waals surface area contributed by atoms with Crippen LogP contribution >= 0.6 is 0 Å². The molecule has 3 nitrogen and oxygen atoms in total. The van der Waals surface area contributed by atoms with Gasteiger partial charge in [0.25, 0.3) is 0 Å². The summed E-state index contributed by atoms with van der Waals surface area (Å²) in [5.74, 6) is -0.0674. The Labute approximate surface area is 140 Å². The number of hydrogen-bond acceptors (Lipinski definition) is 3. The van der Waals surface area contributed by atoms with Crippen molar-refractivity contribution in [1.82, 2.24) is 0 Å². The van der Waals surface area contributed by atoms with E-state index in [2.05, 4.69) is 4.99 Å². The van der Waals surface area contributed by atoms with Crippen molar-refractivity contribution in [3.05, 3.63) is 42.1 Å². The van der Waals surface area contributed by atoms with Gasteiger partial charge in [0.2, 0.25) is 0 Å². The van der Waals surface area contributed by atoms with Gasteiger partial charge in [-0.25, -0.2) is 0 Å². The van der Waals surface area contributed by atoms with Crippen LogP contribution < -0.4 is 24.0 Å². The summed E-state index contributed by atoms with van der Waals surface area (Å²) in [6.45, 7) is 6.02. The minimum absolute atomic E-state index is 0. The number of nitrogens with zero attached hydrogens (tertiary/aromatic N) is 1. The van der Waals surface area contributed by atoms with Gasteiger partial charge in [-0.2, -0.15) is 0 Å². The van der Waals surface area contributed by atoms with E-state index in [1.54, 1.807) is 7.11 Å². The second kappa shape index (κ2) is 9.70. The molecule has 0 heterocycles. The van der Waals surface area contributed by atoms with E-state index in [1.165, 1.54) is 0 Å². The van der Waals surface area contributed by atoms with E-state index in [1.807, 2.05) is 51.2 Å². The molecule has 19 heavy (non-hydrogen) atoms. The van der Waals surface area contributed by atoms with Crippen LogP contribution in [0.1, 0.15) is 20.8 Å². The van der Waals surface area contributed by atoms with Crippen LogP contribution in [0.4, 0.5) is 0 Å². The van der Waals surface area contributed by atoms with Crippen LogP contribution in [0.25, 0.3) is 0 Å². The molecule has 0 saturated heterocycles. The molecule has 0 aromatic carbocycles. The molecule has 94 valence electrons. The summed E-state index contributed by atoms with van der Waals surface area (Å²) in [4.78, 5) is 4.01. The molecule has 1 rings (SSSR count). The van der Waals surface area contributed by atoms with Gasteiger partial charge in [-0.05, 0) is 29.0 Å². The quantitative estimate of drug-likeness (QED) is 0.351. The monoisotopic (exact) mass is 247 g/mol. The summed E-state index contributed by atoms with van der Waals surface area (Å²) in [7, 11) is 1.63. The summed E-state index contributed by atoms with van der Waals surface area (Å²) in [6.07, 6.45) is 10.4. The average molecular weight is 247 g/mol. The van der Waals surface area contributed by atoms with E-state index in [-0.39, 0.29) is 43.6 Å². The minimum atomic E-state index is -0.395. The third kappa shape index (κ3) is 7.88. The first-order valence-electron chi connectivity index (χ1n) is 5.62. The Balaban J connectivity index is 0. The van der Waals surface area contributed by atoms with Crippen LogP contribution in [0.2, 0.25) is 0 Å². The van der Waals surface area contributed by atoms with E-state index < -0.39 is 5.41 Å². The molecule has 0 saturated carbocycles. The van der Waals surface area contributed by atoms with Crippen molar-refractivity contribution in [3.8, 4) is 0 Å². The zero-order chi connectivity index (χ0) is 12.9. The summed E-state index contributed by atoms with van der Waals surface area (Å²) < 4.78 is 5.07. The van der Waals surface area contributed by atoms with Crippen molar-refractivity contribution < 1.29 is 28.7 Å². The molecule has 0 N–H and O–H groups in total. The fourth-order valence-corrected chi connectivity index (χ4v) is 1.21. The molecule has 0 fully saturated rings. The Morgan fingerprint density at radius 3 is 2.21 bits per heavy atom. The van der Waals surface area contributed by atoms with E-state index in [0.717, 1.165) is 11.7 Å². The van der Waals surface area contributed by atoms with Gasteiger partial charge in [0.05, 0.1) is 6.54 Å². The molecule has 0 bridgehead atoms. The Hall–Kier alpha value is -0.155. The van der Waals surface area contributed by atoms with Crippen molar-refractivity contribution in [2.24, 2.45) is 10.4 Å². The van der Waals surface area contributed by atoms with Crippen LogP contribution in [0.5, 0.6) is 0 Å². The van der Waals surface area contributed by atoms with Crippen LogP contribution in [0, 0.1) is 11.5 Å². The molecular formula is C14H19Li2NO2.